The molecule has 2 N–H and O–H groups in total. The smallest absolute Gasteiger partial charge is 0.292 e. The number of aromatic nitrogens is 2. The van der Waals surface area contributed by atoms with Crippen LogP contribution >= 0.6 is 0 Å². The van der Waals surface area contributed by atoms with E-state index in [1.165, 1.54) is 0 Å². The Labute approximate surface area is 161 Å². The first-order valence-corrected chi connectivity index (χ1v) is 10.6. The van der Waals surface area contributed by atoms with E-state index in [1.807, 2.05) is 6.07 Å². The van der Waals surface area contributed by atoms with Crippen molar-refractivity contribution in [1.82, 2.24) is 14.7 Å². The van der Waals surface area contributed by atoms with E-state index in [0.29, 0.717) is 17.6 Å². The summed E-state index contributed by atoms with van der Waals surface area (Å²) in [5.74, 6) is -0.888. The number of para-hydroxylation sites is 1. The van der Waals surface area contributed by atoms with Crippen molar-refractivity contribution in [2.24, 2.45) is 0 Å². The van der Waals surface area contributed by atoms with Crippen molar-refractivity contribution >= 4 is 32.9 Å². The van der Waals surface area contributed by atoms with Gasteiger partial charge in [0.15, 0.2) is 15.5 Å². The van der Waals surface area contributed by atoms with Gasteiger partial charge < -0.3 is 10.6 Å². The van der Waals surface area contributed by atoms with Gasteiger partial charge in [0, 0.05) is 17.9 Å². The van der Waals surface area contributed by atoms with Gasteiger partial charge in [0.25, 0.3) is 11.8 Å². The van der Waals surface area contributed by atoms with E-state index in [4.69, 9.17) is 0 Å². The number of benzene rings is 1. The van der Waals surface area contributed by atoms with E-state index in [-0.39, 0.29) is 23.0 Å². The van der Waals surface area contributed by atoms with Crippen molar-refractivity contribution in [1.29, 1.82) is 0 Å². The average molecular weight is 398 g/mol. The van der Waals surface area contributed by atoms with Gasteiger partial charge in [0.2, 0.25) is 5.82 Å². The molecule has 3 heterocycles. The molecule has 1 aliphatic heterocycles. The largest absolute Gasteiger partial charge is 0.347 e. The topological polar surface area (TPSA) is 110 Å². The molecule has 4 rings (SSSR count). The summed E-state index contributed by atoms with van der Waals surface area (Å²) in [5.41, 5.74) is 1.17. The van der Waals surface area contributed by atoms with E-state index >= 15 is 0 Å². The molecule has 1 saturated heterocycles. The lowest BCUT2D eigenvalue weighted by Gasteiger charge is -2.09. The Morgan fingerprint density at radius 2 is 1.79 bits per heavy atom. The Hall–Kier alpha value is -3.20. The third kappa shape index (κ3) is 3.61. The van der Waals surface area contributed by atoms with Crippen molar-refractivity contribution in [2.75, 3.05) is 16.8 Å². The van der Waals surface area contributed by atoms with Crippen LogP contribution < -0.4 is 10.6 Å². The molecule has 2 amide bonds. The van der Waals surface area contributed by atoms with Gasteiger partial charge >= 0.3 is 0 Å². The van der Waals surface area contributed by atoms with Gasteiger partial charge in [-0.25, -0.2) is 13.4 Å². The molecule has 9 heteroatoms. The maximum atomic E-state index is 12.7. The summed E-state index contributed by atoms with van der Waals surface area (Å²) in [6, 6.07) is 13.7. The standard InChI is InChI=1S/C19H18N4O4S/c24-18(21-14-9-11-28(26,27)12-14)16-15-8-4-5-10-23(15)17(22-16)19(25)20-13-6-2-1-3-7-13/h1-8,10,14H,9,11-12H2,(H,20,25)(H,21,24). The van der Waals surface area contributed by atoms with Crippen molar-refractivity contribution in [3.63, 3.8) is 0 Å². The van der Waals surface area contributed by atoms with E-state index < -0.39 is 27.7 Å². The van der Waals surface area contributed by atoms with Crippen LogP contribution in [0.15, 0.2) is 54.7 Å². The third-order valence-corrected chi connectivity index (χ3v) is 6.33. The molecule has 1 aromatic carbocycles. The zero-order valence-corrected chi connectivity index (χ0v) is 15.6. The highest BCUT2D eigenvalue weighted by molar-refractivity contribution is 7.91. The van der Waals surface area contributed by atoms with E-state index in [1.54, 1.807) is 53.1 Å². The molecule has 1 aliphatic rings. The molecular formula is C19H18N4O4S. The van der Waals surface area contributed by atoms with Crippen molar-refractivity contribution < 1.29 is 18.0 Å². The van der Waals surface area contributed by atoms with Crippen LogP contribution in [0.5, 0.6) is 0 Å². The Bertz CT molecular complexity index is 1160. The summed E-state index contributed by atoms with van der Waals surface area (Å²) < 4.78 is 24.8. The van der Waals surface area contributed by atoms with Crippen LogP contribution in [-0.2, 0) is 9.84 Å². The van der Waals surface area contributed by atoms with Gasteiger partial charge in [-0.15, -0.1) is 0 Å². The molecule has 8 nitrogen and oxygen atoms in total. The van der Waals surface area contributed by atoms with Crippen LogP contribution in [0.1, 0.15) is 27.5 Å². The van der Waals surface area contributed by atoms with E-state index in [9.17, 15) is 18.0 Å². The molecule has 1 unspecified atom stereocenters. The summed E-state index contributed by atoms with van der Waals surface area (Å²) in [4.78, 5) is 29.6. The van der Waals surface area contributed by atoms with Crippen LogP contribution in [0.3, 0.4) is 0 Å². The zero-order chi connectivity index (χ0) is 19.7. The second kappa shape index (κ2) is 7.08. The first-order chi connectivity index (χ1) is 13.4. The number of pyridine rings is 1. The minimum Gasteiger partial charge on any atom is -0.347 e. The van der Waals surface area contributed by atoms with Gasteiger partial charge in [0.1, 0.15) is 0 Å². The third-order valence-electron chi connectivity index (χ3n) is 4.57. The van der Waals surface area contributed by atoms with E-state index in [0.717, 1.165) is 0 Å². The Kier molecular flexibility index (Phi) is 4.60. The highest BCUT2D eigenvalue weighted by atomic mass is 32.2. The fourth-order valence-corrected chi connectivity index (χ4v) is 4.91. The first kappa shape index (κ1) is 18.2. The highest BCUT2D eigenvalue weighted by Crippen LogP contribution is 2.17. The van der Waals surface area contributed by atoms with Crippen LogP contribution in [-0.4, -0.2) is 47.2 Å². The van der Waals surface area contributed by atoms with Crippen molar-refractivity contribution in [3.05, 3.63) is 66.2 Å². The number of anilines is 1. The van der Waals surface area contributed by atoms with Crippen LogP contribution in [0.2, 0.25) is 0 Å². The Morgan fingerprint density at radius 1 is 1.04 bits per heavy atom. The molecule has 144 valence electrons. The molecule has 28 heavy (non-hydrogen) atoms. The van der Waals surface area contributed by atoms with E-state index in [2.05, 4.69) is 15.6 Å². The normalized spacial score (nSPS) is 18.1. The monoisotopic (exact) mass is 398 g/mol. The van der Waals surface area contributed by atoms with Gasteiger partial charge in [0.05, 0.1) is 17.0 Å². The predicted molar refractivity (Wildman–Crippen MR) is 104 cm³/mol. The lowest BCUT2D eigenvalue weighted by Crippen LogP contribution is -2.35. The lowest BCUT2D eigenvalue weighted by molar-refractivity contribution is 0.0938. The molecule has 0 radical (unpaired) electrons. The lowest BCUT2D eigenvalue weighted by atomic mass is 10.2. The molecular weight excluding hydrogens is 380 g/mol. The Balaban J connectivity index is 1.63. The predicted octanol–water partition coefficient (Wildman–Crippen LogP) is 1.50. The minimum atomic E-state index is -3.11. The zero-order valence-electron chi connectivity index (χ0n) is 14.8. The van der Waals surface area contributed by atoms with Gasteiger partial charge in [-0.2, -0.15) is 0 Å². The fraction of sp³-hybridized carbons (Fsp3) is 0.211. The maximum Gasteiger partial charge on any atom is 0.292 e. The average Bonchev–Trinajstić information content (AvgIpc) is 3.22. The number of hydrogen-bond donors (Lipinski definition) is 2. The van der Waals surface area contributed by atoms with Crippen LogP contribution in [0.4, 0.5) is 5.69 Å². The van der Waals surface area contributed by atoms with Gasteiger partial charge in [-0.1, -0.05) is 24.3 Å². The Morgan fingerprint density at radius 3 is 2.50 bits per heavy atom. The number of hydrogen-bond acceptors (Lipinski definition) is 5. The SMILES string of the molecule is O=C(NC1CCS(=O)(=O)C1)c1nc(C(=O)Nc2ccccc2)n2ccccc12. The first-order valence-electron chi connectivity index (χ1n) is 8.78. The molecule has 0 aliphatic carbocycles. The number of carbonyl (C=O) groups is 2. The molecule has 0 saturated carbocycles. The molecule has 2 aromatic heterocycles. The van der Waals surface area contributed by atoms with Crippen LogP contribution in [0, 0.1) is 0 Å². The summed E-state index contributed by atoms with van der Waals surface area (Å²) in [5, 5.41) is 5.47. The number of amides is 2. The second-order valence-electron chi connectivity index (χ2n) is 6.63. The van der Waals surface area contributed by atoms with Crippen LogP contribution in [0.25, 0.3) is 5.52 Å². The number of nitrogens with one attached hydrogen (secondary N) is 2. The minimum absolute atomic E-state index is 0.0621. The number of nitrogens with zero attached hydrogens (tertiary/aromatic N) is 2. The second-order valence-corrected chi connectivity index (χ2v) is 8.86. The van der Waals surface area contributed by atoms with Gasteiger partial charge in [-0.3, -0.25) is 14.0 Å². The summed E-state index contributed by atoms with van der Waals surface area (Å²) >= 11 is 0. The van der Waals surface area contributed by atoms with Gasteiger partial charge in [-0.05, 0) is 30.7 Å². The maximum absolute atomic E-state index is 12.7. The number of fused-ring (bicyclic) bond motifs is 1. The van der Waals surface area contributed by atoms with Crippen molar-refractivity contribution in [2.45, 2.75) is 12.5 Å². The molecule has 3 aromatic rings. The number of sulfone groups is 1. The highest BCUT2D eigenvalue weighted by Gasteiger charge is 2.30. The molecule has 1 atom stereocenters. The molecule has 1 fully saturated rings. The molecule has 0 spiro atoms. The number of carbonyl (C=O) groups excluding carboxylic acids is 2. The number of imidazole rings is 1. The fourth-order valence-electron chi connectivity index (χ4n) is 3.24. The number of rotatable bonds is 4. The summed E-state index contributed by atoms with van der Waals surface area (Å²) in [6.45, 7) is 0. The summed E-state index contributed by atoms with van der Waals surface area (Å²) in [6.07, 6.45) is 2.03. The molecule has 0 bridgehead atoms. The van der Waals surface area contributed by atoms with Crippen molar-refractivity contribution in [3.8, 4) is 0 Å². The quantitative estimate of drug-likeness (QED) is 0.692. The summed E-state index contributed by atoms with van der Waals surface area (Å²) in [7, 11) is -3.11.